The molecule has 2 aliphatic rings. The molecule has 0 saturated carbocycles. The van der Waals surface area contributed by atoms with Crippen LogP contribution in [0.4, 0.5) is 11.5 Å². The van der Waals surface area contributed by atoms with E-state index < -0.39 is 12.0 Å². The minimum atomic E-state index is -0.742. The van der Waals surface area contributed by atoms with Crippen molar-refractivity contribution in [1.82, 2.24) is 9.27 Å². The smallest absolute Gasteiger partial charge is 0.320 e. The van der Waals surface area contributed by atoms with Gasteiger partial charge in [-0.05, 0) is 72.4 Å². The monoisotopic (exact) mass is 521 g/mol. The van der Waals surface area contributed by atoms with Crippen molar-refractivity contribution in [2.45, 2.75) is 25.4 Å². The SMILES string of the molecule is O=C(O)C1CCCN1Cc1ccc2c(Nc3cccc(-c4ccc5c(c4)OCCO5)c3Cl)nsc2c1. The van der Waals surface area contributed by atoms with Crippen molar-refractivity contribution in [3.05, 3.63) is 65.2 Å². The van der Waals surface area contributed by atoms with Gasteiger partial charge in [0.2, 0.25) is 0 Å². The standard InChI is InChI=1S/C27H24ClN3O4S/c28-25-18(17-7-9-22-23(14-17)35-12-11-34-22)3-1-4-20(25)29-26-19-8-6-16(13-24(19)36-30-26)15-31-10-2-5-21(31)27(32)33/h1,3-4,6-9,13-14,21H,2,5,10-12,15H2,(H,29,30)(H,32,33). The average Bonchev–Trinajstić information content (AvgIpc) is 3.52. The number of nitrogens with one attached hydrogen (secondary N) is 1. The number of carboxylic acids is 1. The molecule has 3 aromatic carbocycles. The first-order valence-electron chi connectivity index (χ1n) is 11.9. The lowest BCUT2D eigenvalue weighted by atomic mass is 10.0. The molecule has 7 nitrogen and oxygen atoms in total. The quantitative estimate of drug-likeness (QED) is 0.313. The highest BCUT2D eigenvalue weighted by molar-refractivity contribution is 7.13. The van der Waals surface area contributed by atoms with Crippen LogP contribution in [-0.2, 0) is 11.3 Å². The number of anilines is 2. The van der Waals surface area contributed by atoms with E-state index in [1.54, 1.807) is 0 Å². The van der Waals surface area contributed by atoms with Crippen LogP contribution in [0.5, 0.6) is 11.5 Å². The Bertz CT molecular complexity index is 1460. The van der Waals surface area contributed by atoms with Crippen LogP contribution in [0.25, 0.3) is 21.2 Å². The maximum atomic E-state index is 11.5. The molecular formula is C27H24ClN3O4S. The van der Waals surface area contributed by atoms with E-state index in [0.29, 0.717) is 31.2 Å². The largest absolute Gasteiger partial charge is 0.486 e. The Balaban J connectivity index is 1.24. The Kier molecular flexibility index (Phi) is 6.17. The summed E-state index contributed by atoms with van der Waals surface area (Å²) in [4.78, 5) is 13.6. The van der Waals surface area contributed by atoms with Crippen LogP contribution in [-0.4, -0.2) is 46.1 Å². The molecule has 4 aromatic rings. The minimum Gasteiger partial charge on any atom is -0.486 e. The average molecular weight is 522 g/mol. The number of halogens is 1. The molecule has 1 unspecified atom stereocenters. The van der Waals surface area contributed by atoms with Crippen LogP contribution in [0.3, 0.4) is 0 Å². The molecule has 3 heterocycles. The number of aliphatic carboxylic acids is 1. The van der Waals surface area contributed by atoms with E-state index in [1.807, 2.05) is 53.4 Å². The van der Waals surface area contributed by atoms with Crippen molar-refractivity contribution in [3.63, 3.8) is 0 Å². The third kappa shape index (κ3) is 4.36. The molecule has 0 amide bonds. The van der Waals surface area contributed by atoms with Crippen LogP contribution in [0.1, 0.15) is 18.4 Å². The molecule has 184 valence electrons. The highest BCUT2D eigenvalue weighted by atomic mass is 35.5. The molecule has 2 aliphatic heterocycles. The number of benzene rings is 3. The normalized spacial score (nSPS) is 17.4. The van der Waals surface area contributed by atoms with Gasteiger partial charge in [-0.25, -0.2) is 0 Å². The summed E-state index contributed by atoms with van der Waals surface area (Å²) in [5.41, 5.74) is 3.69. The van der Waals surface area contributed by atoms with Crippen molar-refractivity contribution in [2.75, 3.05) is 25.1 Å². The fourth-order valence-corrected chi connectivity index (χ4v) is 5.97. The van der Waals surface area contributed by atoms with Gasteiger partial charge in [0.15, 0.2) is 17.3 Å². The lowest BCUT2D eigenvalue weighted by Gasteiger charge is -2.21. The zero-order chi connectivity index (χ0) is 24.6. The number of rotatable bonds is 6. The molecule has 2 N–H and O–H groups in total. The number of ether oxygens (including phenoxy) is 2. The maximum absolute atomic E-state index is 11.5. The first-order valence-corrected chi connectivity index (χ1v) is 13.0. The molecule has 9 heteroatoms. The van der Waals surface area contributed by atoms with E-state index in [4.69, 9.17) is 21.1 Å². The van der Waals surface area contributed by atoms with Crippen LogP contribution in [0.15, 0.2) is 54.6 Å². The van der Waals surface area contributed by atoms with Crippen molar-refractivity contribution < 1.29 is 19.4 Å². The summed E-state index contributed by atoms with van der Waals surface area (Å²) < 4.78 is 17.0. The number of nitrogens with zero attached hydrogens (tertiary/aromatic N) is 2. The first-order chi connectivity index (χ1) is 17.6. The molecule has 6 rings (SSSR count). The molecule has 0 bridgehead atoms. The number of fused-ring (bicyclic) bond motifs is 2. The van der Waals surface area contributed by atoms with Crippen molar-refractivity contribution in [3.8, 4) is 22.6 Å². The van der Waals surface area contributed by atoms with Crippen molar-refractivity contribution in [2.24, 2.45) is 0 Å². The summed E-state index contributed by atoms with van der Waals surface area (Å²) >= 11 is 8.26. The summed E-state index contributed by atoms with van der Waals surface area (Å²) in [7, 11) is 0. The van der Waals surface area contributed by atoms with E-state index in [9.17, 15) is 9.90 Å². The molecule has 1 aromatic heterocycles. The Morgan fingerprint density at radius 2 is 2.00 bits per heavy atom. The summed E-state index contributed by atoms with van der Waals surface area (Å²) in [5, 5.41) is 14.5. The number of carbonyl (C=O) groups is 1. The second kappa shape index (κ2) is 9.61. The summed E-state index contributed by atoms with van der Waals surface area (Å²) in [6, 6.07) is 17.5. The molecule has 1 fully saturated rings. The molecule has 0 radical (unpaired) electrons. The molecule has 0 spiro atoms. The summed E-state index contributed by atoms with van der Waals surface area (Å²) in [5.74, 6) is 1.46. The highest BCUT2D eigenvalue weighted by Crippen LogP contribution is 2.40. The van der Waals surface area contributed by atoms with Gasteiger partial charge in [-0.1, -0.05) is 35.9 Å². The maximum Gasteiger partial charge on any atom is 0.320 e. The molecule has 1 saturated heterocycles. The van der Waals surface area contributed by atoms with Crippen LogP contribution < -0.4 is 14.8 Å². The third-order valence-corrected chi connectivity index (χ3v) is 7.89. The molecular weight excluding hydrogens is 498 g/mol. The highest BCUT2D eigenvalue weighted by Gasteiger charge is 2.30. The lowest BCUT2D eigenvalue weighted by molar-refractivity contribution is -0.142. The summed E-state index contributed by atoms with van der Waals surface area (Å²) in [6.45, 7) is 2.51. The van der Waals surface area contributed by atoms with Gasteiger partial charge in [0.05, 0.1) is 15.4 Å². The van der Waals surface area contributed by atoms with E-state index in [-0.39, 0.29) is 0 Å². The van der Waals surface area contributed by atoms with E-state index in [0.717, 1.165) is 62.7 Å². The van der Waals surface area contributed by atoms with Gasteiger partial charge in [-0.2, -0.15) is 4.37 Å². The Labute approximate surface area is 217 Å². The molecule has 0 aliphatic carbocycles. The van der Waals surface area contributed by atoms with Gasteiger partial charge >= 0.3 is 5.97 Å². The van der Waals surface area contributed by atoms with Gasteiger partial charge in [0, 0.05) is 17.5 Å². The molecule has 1 atom stereocenters. The predicted octanol–water partition coefficient (Wildman–Crippen LogP) is 6.18. The third-order valence-electron chi connectivity index (χ3n) is 6.68. The van der Waals surface area contributed by atoms with Gasteiger partial charge < -0.3 is 19.9 Å². The van der Waals surface area contributed by atoms with Crippen molar-refractivity contribution in [1.29, 1.82) is 0 Å². The Morgan fingerprint density at radius 1 is 1.14 bits per heavy atom. The number of carboxylic acid groups (broad SMARTS) is 1. The number of hydrogen-bond acceptors (Lipinski definition) is 7. The Hall–Kier alpha value is -3.33. The van der Waals surface area contributed by atoms with Crippen LogP contribution >= 0.6 is 23.1 Å². The fraction of sp³-hybridized carbons (Fsp3) is 0.259. The zero-order valence-corrected chi connectivity index (χ0v) is 20.9. The first kappa shape index (κ1) is 23.1. The zero-order valence-electron chi connectivity index (χ0n) is 19.4. The van der Waals surface area contributed by atoms with Gasteiger partial charge in [0.25, 0.3) is 0 Å². The number of likely N-dealkylation sites (tertiary alicyclic amines) is 1. The number of aromatic nitrogens is 1. The van der Waals surface area contributed by atoms with Gasteiger partial charge in [-0.15, -0.1) is 0 Å². The molecule has 36 heavy (non-hydrogen) atoms. The topological polar surface area (TPSA) is 83.9 Å². The fourth-order valence-electron chi connectivity index (χ4n) is 4.89. The van der Waals surface area contributed by atoms with E-state index >= 15 is 0 Å². The second-order valence-electron chi connectivity index (χ2n) is 8.98. The lowest BCUT2D eigenvalue weighted by Crippen LogP contribution is -2.35. The van der Waals surface area contributed by atoms with E-state index in [1.165, 1.54) is 11.5 Å². The second-order valence-corrected chi connectivity index (χ2v) is 10.2. The van der Waals surface area contributed by atoms with Crippen LogP contribution in [0.2, 0.25) is 5.02 Å². The minimum absolute atomic E-state index is 0.400. The Morgan fingerprint density at radius 3 is 2.86 bits per heavy atom. The summed E-state index contributed by atoms with van der Waals surface area (Å²) in [6.07, 6.45) is 1.62. The van der Waals surface area contributed by atoms with E-state index in [2.05, 4.69) is 15.8 Å². The van der Waals surface area contributed by atoms with Gasteiger partial charge in [-0.3, -0.25) is 9.69 Å². The number of hydrogen-bond donors (Lipinski definition) is 2. The van der Waals surface area contributed by atoms with Crippen LogP contribution in [0, 0.1) is 0 Å². The van der Waals surface area contributed by atoms with Crippen molar-refractivity contribution >= 4 is 50.7 Å². The van der Waals surface area contributed by atoms with Gasteiger partial charge in [0.1, 0.15) is 19.3 Å². The predicted molar refractivity (Wildman–Crippen MR) is 142 cm³/mol.